The average molecular weight is 178 g/mol. The Balaban J connectivity index is 2.87. The molecule has 64 valence electrons. The highest BCUT2D eigenvalue weighted by atomic mass is 32.2. The molecular weight excluding hydrogens is 168 g/mol. The Morgan fingerprint density at radius 3 is 2.36 bits per heavy atom. The minimum absolute atomic E-state index is 0.154. The van der Waals surface area contributed by atoms with Gasteiger partial charge in [-0.1, -0.05) is 0 Å². The van der Waals surface area contributed by atoms with Crippen molar-refractivity contribution in [2.45, 2.75) is 13.8 Å². The lowest BCUT2D eigenvalue weighted by molar-refractivity contribution is -0.127. The second-order valence-corrected chi connectivity index (χ2v) is 4.64. The van der Waals surface area contributed by atoms with Crippen molar-refractivity contribution < 1.29 is 13.2 Å². The molecule has 1 saturated heterocycles. The van der Waals surface area contributed by atoms with Gasteiger partial charge in [-0.05, 0) is 13.8 Å². The quantitative estimate of drug-likeness (QED) is 0.498. The van der Waals surface area contributed by atoms with Crippen LogP contribution in [0.4, 0.5) is 0 Å². The van der Waals surface area contributed by atoms with Crippen molar-refractivity contribution in [2.24, 2.45) is 5.41 Å². The Kier molecular flexibility index (Phi) is 1.68. The van der Waals surface area contributed by atoms with Crippen LogP contribution in [-0.2, 0) is 15.0 Å². The van der Waals surface area contributed by atoms with Crippen LogP contribution in [0.2, 0.25) is 0 Å². The molecule has 0 aliphatic carbocycles. The van der Waals surface area contributed by atoms with Crippen molar-refractivity contribution in [3.8, 4) is 0 Å². The summed E-state index contributed by atoms with van der Waals surface area (Å²) >= 11 is 0. The van der Waals surface area contributed by atoms with Crippen molar-refractivity contribution in [3.05, 3.63) is 0 Å². The van der Waals surface area contributed by atoms with Gasteiger partial charge in [0.2, 0.25) is 5.91 Å². The van der Waals surface area contributed by atoms with Gasteiger partial charge in [0.25, 0.3) is 0 Å². The molecule has 0 aromatic rings. The van der Waals surface area contributed by atoms with Crippen LogP contribution < -0.4 is 9.44 Å². The molecule has 0 spiro atoms. The largest absolute Gasteiger partial charge is 0.301 e. The summed E-state index contributed by atoms with van der Waals surface area (Å²) in [5.41, 5.74) is -0.648. The van der Waals surface area contributed by atoms with E-state index in [1.807, 2.05) is 4.72 Å². The lowest BCUT2D eigenvalue weighted by Crippen LogP contribution is -2.56. The van der Waals surface area contributed by atoms with Crippen molar-refractivity contribution in [2.75, 3.05) is 6.54 Å². The molecule has 0 aromatic carbocycles. The fraction of sp³-hybridized carbons (Fsp3) is 0.800. The highest BCUT2D eigenvalue weighted by molar-refractivity contribution is 7.88. The van der Waals surface area contributed by atoms with Crippen molar-refractivity contribution in [1.82, 2.24) is 9.44 Å². The van der Waals surface area contributed by atoms with Gasteiger partial charge in [0, 0.05) is 6.54 Å². The van der Waals surface area contributed by atoms with Crippen LogP contribution in [0.25, 0.3) is 0 Å². The predicted octanol–water partition coefficient (Wildman–Crippen LogP) is -1.02. The lowest BCUT2D eigenvalue weighted by atomic mass is 9.93. The monoisotopic (exact) mass is 178 g/mol. The van der Waals surface area contributed by atoms with Crippen molar-refractivity contribution >= 4 is 16.1 Å². The third-order valence-corrected chi connectivity index (χ3v) is 2.52. The molecule has 0 bridgehead atoms. The first-order valence-corrected chi connectivity index (χ1v) is 4.64. The van der Waals surface area contributed by atoms with Gasteiger partial charge in [-0.3, -0.25) is 4.79 Å². The maximum Gasteiger partial charge on any atom is 0.301 e. The summed E-state index contributed by atoms with van der Waals surface area (Å²) in [5, 5.41) is 0. The van der Waals surface area contributed by atoms with Gasteiger partial charge >= 0.3 is 10.2 Å². The molecule has 2 N–H and O–H groups in total. The first-order chi connectivity index (χ1) is 4.83. The zero-order valence-corrected chi connectivity index (χ0v) is 7.16. The summed E-state index contributed by atoms with van der Waals surface area (Å²) in [6.07, 6.45) is 0. The minimum atomic E-state index is -3.55. The van der Waals surface area contributed by atoms with Crippen molar-refractivity contribution in [1.29, 1.82) is 0 Å². The van der Waals surface area contributed by atoms with Crippen LogP contribution in [0.15, 0.2) is 0 Å². The SMILES string of the molecule is CC1(C)CNS(=O)(=O)NC1=O. The molecule has 0 aromatic heterocycles. The summed E-state index contributed by atoms with van der Waals surface area (Å²) in [6.45, 7) is 3.50. The van der Waals surface area contributed by atoms with E-state index in [0.717, 1.165) is 0 Å². The topological polar surface area (TPSA) is 75.3 Å². The van der Waals surface area contributed by atoms with Crippen LogP contribution in [0.3, 0.4) is 0 Å². The van der Waals surface area contributed by atoms with Crippen LogP contribution in [0.5, 0.6) is 0 Å². The van der Waals surface area contributed by atoms with Gasteiger partial charge < -0.3 is 0 Å². The number of hydrogen-bond acceptors (Lipinski definition) is 3. The minimum Gasteiger partial charge on any atom is -0.273 e. The molecule has 1 fully saturated rings. The van der Waals surface area contributed by atoms with Crippen LogP contribution in [0, 0.1) is 5.41 Å². The zero-order chi connectivity index (χ0) is 8.70. The maximum atomic E-state index is 11.0. The van der Waals surface area contributed by atoms with E-state index in [1.54, 1.807) is 13.8 Å². The molecule has 0 radical (unpaired) electrons. The fourth-order valence-corrected chi connectivity index (χ4v) is 1.80. The van der Waals surface area contributed by atoms with E-state index in [0.29, 0.717) is 0 Å². The van der Waals surface area contributed by atoms with E-state index in [1.165, 1.54) is 0 Å². The van der Waals surface area contributed by atoms with Crippen LogP contribution >= 0.6 is 0 Å². The highest BCUT2D eigenvalue weighted by Crippen LogP contribution is 2.16. The zero-order valence-electron chi connectivity index (χ0n) is 6.34. The first-order valence-electron chi connectivity index (χ1n) is 3.15. The first kappa shape index (κ1) is 8.48. The van der Waals surface area contributed by atoms with Gasteiger partial charge in [-0.2, -0.15) is 13.1 Å². The third-order valence-electron chi connectivity index (χ3n) is 1.55. The number of carbonyl (C=O) groups excluding carboxylic acids is 1. The Labute approximate surface area is 65.4 Å². The van der Waals surface area contributed by atoms with E-state index in [2.05, 4.69) is 4.72 Å². The number of hydrogen-bond donors (Lipinski definition) is 2. The Morgan fingerprint density at radius 2 is 2.00 bits per heavy atom. The molecule has 0 saturated carbocycles. The van der Waals surface area contributed by atoms with Gasteiger partial charge in [-0.15, -0.1) is 0 Å². The number of nitrogens with one attached hydrogen (secondary N) is 2. The molecule has 5 nitrogen and oxygen atoms in total. The maximum absolute atomic E-state index is 11.0. The number of amides is 1. The number of rotatable bonds is 0. The van der Waals surface area contributed by atoms with E-state index in [-0.39, 0.29) is 6.54 Å². The molecule has 1 rings (SSSR count). The van der Waals surface area contributed by atoms with E-state index < -0.39 is 21.5 Å². The van der Waals surface area contributed by atoms with Gasteiger partial charge in [0.15, 0.2) is 0 Å². The smallest absolute Gasteiger partial charge is 0.273 e. The lowest BCUT2D eigenvalue weighted by Gasteiger charge is -2.28. The molecule has 1 aliphatic rings. The fourth-order valence-electron chi connectivity index (χ4n) is 0.652. The third kappa shape index (κ3) is 1.69. The standard InChI is InChI=1S/C5H10N2O3S/c1-5(2)3-6-11(9,10)7-4(5)8/h6H,3H2,1-2H3,(H,7,8). The molecule has 6 heteroatoms. The van der Waals surface area contributed by atoms with Gasteiger partial charge in [0.1, 0.15) is 0 Å². The summed E-state index contributed by atoms with van der Waals surface area (Å²) in [7, 11) is -3.55. The summed E-state index contributed by atoms with van der Waals surface area (Å²) in [6, 6.07) is 0. The second-order valence-electron chi connectivity index (χ2n) is 3.14. The Hall–Kier alpha value is -0.620. The average Bonchev–Trinajstić information content (AvgIpc) is 1.81. The molecule has 1 amide bonds. The van der Waals surface area contributed by atoms with Crippen molar-refractivity contribution in [3.63, 3.8) is 0 Å². The Morgan fingerprint density at radius 1 is 1.45 bits per heavy atom. The second kappa shape index (κ2) is 2.18. The molecule has 0 unspecified atom stereocenters. The van der Waals surface area contributed by atoms with E-state index >= 15 is 0 Å². The van der Waals surface area contributed by atoms with E-state index in [9.17, 15) is 13.2 Å². The van der Waals surface area contributed by atoms with Gasteiger partial charge in [-0.25, -0.2) is 4.72 Å². The van der Waals surface area contributed by atoms with E-state index in [4.69, 9.17) is 0 Å². The summed E-state index contributed by atoms with van der Waals surface area (Å²) in [4.78, 5) is 11.0. The molecule has 0 atom stereocenters. The normalized spacial score (nSPS) is 27.6. The molecule has 1 heterocycles. The van der Waals surface area contributed by atoms with Crippen LogP contribution in [-0.4, -0.2) is 20.9 Å². The molecule has 11 heavy (non-hydrogen) atoms. The van der Waals surface area contributed by atoms with Gasteiger partial charge in [0.05, 0.1) is 5.41 Å². The van der Waals surface area contributed by atoms with Crippen LogP contribution in [0.1, 0.15) is 13.8 Å². The Bertz CT molecular complexity index is 280. The summed E-state index contributed by atoms with van der Waals surface area (Å²) in [5.74, 6) is -0.462. The predicted molar refractivity (Wildman–Crippen MR) is 38.8 cm³/mol. The molecular formula is C5H10N2O3S. The molecule has 1 aliphatic heterocycles. The highest BCUT2D eigenvalue weighted by Gasteiger charge is 2.36. The number of carbonyl (C=O) groups is 1. The summed E-state index contributed by atoms with van der Waals surface area (Å²) < 4.78 is 25.5.